The lowest BCUT2D eigenvalue weighted by atomic mass is 9.98. The smallest absolute Gasteiger partial charge is 0.276 e. The molecule has 0 amide bonds. The molecule has 1 aromatic carbocycles. The Morgan fingerprint density at radius 2 is 2.04 bits per heavy atom. The molecule has 142 valence electrons. The van der Waals surface area contributed by atoms with Crippen LogP contribution >= 0.6 is 11.6 Å². The quantitative estimate of drug-likeness (QED) is 0.792. The largest absolute Gasteiger partial charge is 0.345 e. The van der Waals surface area contributed by atoms with Crippen molar-refractivity contribution in [3.05, 3.63) is 45.6 Å². The Morgan fingerprint density at radius 3 is 2.69 bits per heavy atom. The third kappa shape index (κ3) is 3.45. The molecule has 1 atom stereocenters. The molecule has 26 heavy (non-hydrogen) atoms. The minimum atomic E-state index is -3.63. The first-order valence-corrected chi connectivity index (χ1v) is 10.4. The molecule has 0 radical (unpaired) electrons. The van der Waals surface area contributed by atoms with Crippen molar-refractivity contribution in [1.29, 1.82) is 0 Å². The number of aromatic nitrogens is 3. The van der Waals surface area contributed by atoms with Crippen LogP contribution in [0.15, 0.2) is 34.0 Å². The highest BCUT2D eigenvalue weighted by atomic mass is 35.5. The van der Waals surface area contributed by atoms with Crippen molar-refractivity contribution in [2.45, 2.75) is 43.5 Å². The Kier molecular flexibility index (Phi) is 5.28. The molecule has 0 saturated carbocycles. The first kappa shape index (κ1) is 19.1. The lowest BCUT2D eigenvalue weighted by Gasteiger charge is -2.31. The third-order valence-electron chi connectivity index (χ3n) is 4.68. The molecule has 2 heterocycles. The van der Waals surface area contributed by atoms with Crippen LogP contribution in [0.2, 0.25) is 5.02 Å². The molecule has 1 aliphatic rings. The summed E-state index contributed by atoms with van der Waals surface area (Å²) in [5.74, 6) is 0.535. The summed E-state index contributed by atoms with van der Waals surface area (Å²) in [4.78, 5) is 12.5. The van der Waals surface area contributed by atoms with E-state index in [1.54, 1.807) is 29.8 Å². The Balaban J connectivity index is 1.93. The normalized spacial score (nSPS) is 19.2. The zero-order chi connectivity index (χ0) is 19.1. The topological polar surface area (TPSA) is 77.2 Å². The van der Waals surface area contributed by atoms with Gasteiger partial charge in [-0.25, -0.2) is 17.9 Å². The number of piperidine rings is 1. The lowest BCUT2D eigenvalue weighted by Crippen LogP contribution is -2.40. The number of halogens is 1. The van der Waals surface area contributed by atoms with Crippen LogP contribution in [-0.2, 0) is 17.1 Å². The first-order chi connectivity index (χ1) is 12.2. The monoisotopic (exact) mass is 398 g/mol. The molecule has 1 saturated heterocycles. The average Bonchev–Trinajstić information content (AvgIpc) is 2.90. The summed E-state index contributed by atoms with van der Waals surface area (Å²) in [6, 6.07) is 6.26. The highest BCUT2D eigenvalue weighted by Crippen LogP contribution is 2.30. The third-order valence-corrected chi connectivity index (χ3v) is 6.78. The fourth-order valence-corrected chi connectivity index (χ4v) is 5.24. The Hall–Kier alpha value is -1.64. The van der Waals surface area contributed by atoms with Gasteiger partial charge in [-0.1, -0.05) is 17.7 Å². The van der Waals surface area contributed by atoms with Gasteiger partial charge in [-0.2, -0.15) is 9.40 Å². The van der Waals surface area contributed by atoms with E-state index in [1.165, 1.54) is 15.1 Å². The maximum atomic E-state index is 13.0. The summed E-state index contributed by atoms with van der Waals surface area (Å²) < 4.78 is 30.4. The van der Waals surface area contributed by atoms with Gasteiger partial charge in [-0.05, 0) is 44.9 Å². The molecule has 0 spiro atoms. The molecule has 1 aromatic heterocycles. The second kappa shape index (κ2) is 7.17. The van der Waals surface area contributed by atoms with Crippen LogP contribution in [0.4, 0.5) is 0 Å². The summed E-state index contributed by atoms with van der Waals surface area (Å²) in [6.45, 7) is 4.61. The van der Waals surface area contributed by atoms with Gasteiger partial charge in [-0.3, -0.25) is 4.57 Å². The lowest BCUT2D eigenvalue weighted by molar-refractivity contribution is 0.301. The molecule has 2 aromatic rings. The predicted octanol–water partition coefficient (Wildman–Crippen LogP) is 2.38. The zero-order valence-electron chi connectivity index (χ0n) is 15.1. The van der Waals surface area contributed by atoms with Crippen LogP contribution in [0.5, 0.6) is 0 Å². The molecule has 3 rings (SSSR count). The average molecular weight is 399 g/mol. The second-order valence-corrected chi connectivity index (χ2v) is 9.26. The van der Waals surface area contributed by atoms with Crippen molar-refractivity contribution in [3.8, 4) is 0 Å². The van der Waals surface area contributed by atoms with E-state index in [9.17, 15) is 13.2 Å². The second-order valence-electron chi connectivity index (χ2n) is 6.89. The highest BCUT2D eigenvalue weighted by Gasteiger charge is 2.34. The van der Waals surface area contributed by atoms with Gasteiger partial charge in [-0.15, -0.1) is 0 Å². The molecule has 1 fully saturated rings. The fourth-order valence-electron chi connectivity index (χ4n) is 3.41. The van der Waals surface area contributed by atoms with E-state index in [0.717, 1.165) is 6.42 Å². The van der Waals surface area contributed by atoms with Gasteiger partial charge in [0.2, 0.25) is 10.0 Å². The van der Waals surface area contributed by atoms with Gasteiger partial charge in [0, 0.05) is 37.1 Å². The summed E-state index contributed by atoms with van der Waals surface area (Å²) in [7, 11) is -2.02. The maximum absolute atomic E-state index is 13.0. The Bertz CT molecular complexity index is 965. The van der Waals surface area contributed by atoms with Gasteiger partial charge >= 0.3 is 5.69 Å². The van der Waals surface area contributed by atoms with Crippen LogP contribution in [0.25, 0.3) is 0 Å². The van der Waals surface area contributed by atoms with Crippen molar-refractivity contribution in [1.82, 2.24) is 18.7 Å². The van der Waals surface area contributed by atoms with Gasteiger partial charge in [0.05, 0.1) is 4.90 Å². The number of sulfonamides is 1. The van der Waals surface area contributed by atoms with Crippen LogP contribution in [-0.4, -0.2) is 40.2 Å². The molecular weight excluding hydrogens is 376 g/mol. The molecule has 0 bridgehead atoms. The SMILES string of the molecule is CC(C)n1c(C2CCCN(S(=O)(=O)c3cccc(Cl)c3)C2)nn(C)c1=O. The van der Waals surface area contributed by atoms with E-state index < -0.39 is 10.0 Å². The van der Waals surface area contributed by atoms with E-state index in [2.05, 4.69) is 5.10 Å². The Labute approximate surface area is 158 Å². The van der Waals surface area contributed by atoms with Crippen molar-refractivity contribution in [3.63, 3.8) is 0 Å². The molecular formula is C17H23ClN4O3S. The van der Waals surface area contributed by atoms with E-state index in [4.69, 9.17) is 11.6 Å². The fraction of sp³-hybridized carbons (Fsp3) is 0.529. The molecule has 1 aliphatic heterocycles. The number of hydrogen-bond donors (Lipinski definition) is 0. The number of benzene rings is 1. The van der Waals surface area contributed by atoms with E-state index in [1.807, 2.05) is 13.8 Å². The van der Waals surface area contributed by atoms with Crippen molar-refractivity contribution in [2.75, 3.05) is 13.1 Å². The zero-order valence-corrected chi connectivity index (χ0v) is 16.7. The van der Waals surface area contributed by atoms with Crippen molar-refractivity contribution >= 4 is 21.6 Å². The summed E-state index contributed by atoms with van der Waals surface area (Å²) in [5.41, 5.74) is -0.176. The van der Waals surface area contributed by atoms with Gasteiger partial charge in [0.1, 0.15) is 5.82 Å². The number of aryl methyl sites for hydroxylation is 1. The summed E-state index contributed by atoms with van der Waals surface area (Å²) >= 11 is 5.96. The Morgan fingerprint density at radius 1 is 1.31 bits per heavy atom. The summed E-state index contributed by atoms with van der Waals surface area (Å²) in [5, 5.41) is 4.77. The summed E-state index contributed by atoms with van der Waals surface area (Å²) in [6.07, 6.45) is 1.51. The van der Waals surface area contributed by atoms with E-state index in [-0.39, 0.29) is 22.5 Å². The van der Waals surface area contributed by atoms with Crippen LogP contribution in [0.1, 0.15) is 44.5 Å². The minimum absolute atomic E-state index is 0.0360. The molecule has 9 heteroatoms. The molecule has 1 unspecified atom stereocenters. The van der Waals surface area contributed by atoms with Crippen LogP contribution < -0.4 is 5.69 Å². The standard InChI is InChI=1S/C17H23ClN4O3S/c1-12(2)22-16(19-20(3)17(22)23)13-6-5-9-21(11-13)26(24,25)15-8-4-7-14(18)10-15/h4,7-8,10,12-13H,5-6,9,11H2,1-3H3. The first-order valence-electron chi connectivity index (χ1n) is 8.63. The maximum Gasteiger partial charge on any atom is 0.345 e. The van der Waals surface area contributed by atoms with Crippen LogP contribution in [0.3, 0.4) is 0 Å². The van der Waals surface area contributed by atoms with Gasteiger partial charge in [0.15, 0.2) is 0 Å². The number of rotatable bonds is 4. The number of hydrogen-bond acceptors (Lipinski definition) is 4. The van der Waals surface area contributed by atoms with Crippen LogP contribution in [0, 0.1) is 0 Å². The van der Waals surface area contributed by atoms with Gasteiger partial charge < -0.3 is 0 Å². The molecule has 0 N–H and O–H groups in total. The highest BCUT2D eigenvalue weighted by molar-refractivity contribution is 7.89. The number of nitrogens with zero attached hydrogens (tertiary/aromatic N) is 4. The van der Waals surface area contributed by atoms with E-state index >= 15 is 0 Å². The van der Waals surface area contributed by atoms with Crippen molar-refractivity contribution < 1.29 is 8.42 Å². The van der Waals surface area contributed by atoms with Crippen molar-refractivity contribution in [2.24, 2.45) is 7.05 Å². The van der Waals surface area contributed by atoms with E-state index in [0.29, 0.717) is 30.4 Å². The minimum Gasteiger partial charge on any atom is -0.276 e. The molecule has 0 aliphatic carbocycles. The predicted molar refractivity (Wildman–Crippen MR) is 100 cm³/mol. The molecule has 7 nitrogen and oxygen atoms in total. The van der Waals surface area contributed by atoms with Gasteiger partial charge in [0.25, 0.3) is 0 Å².